The Hall–Kier alpha value is -0.930. The smallest absolute Gasteiger partial charge is 0.0404 e. The van der Waals surface area contributed by atoms with Crippen LogP contribution in [0.2, 0.25) is 0 Å². The number of pyridine rings is 1. The zero-order valence-electron chi connectivity index (χ0n) is 9.73. The molecule has 2 rings (SSSR count). The van der Waals surface area contributed by atoms with Crippen molar-refractivity contribution >= 4 is 0 Å². The van der Waals surface area contributed by atoms with Gasteiger partial charge in [0.1, 0.15) is 0 Å². The Morgan fingerprint density at radius 3 is 2.88 bits per heavy atom. The molecule has 0 radical (unpaired) electrons. The van der Waals surface area contributed by atoms with Crippen LogP contribution in [0.5, 0.6) is 0 Å². The summed E-state index contributed by atoms with van der Waals surface area (Å²) in [6.07, 6.45) is 9.34. The van der Waals surface area contributed by atoms with E-state index >= 15 is 0 Å². The van der Waals surface area contributed by atoms with E-state index in [1.165, 1.54) is 25.7 Å². The average molecular weight is 219 g/mol. The molecule has 1 aliphatic rings. The molecule has 1 atom stereocenters. The van der Waals surface area contributed by atoms with Crippen molar-refractivity contribution in [2.24, 2.45) is 11.8 Å². The first-order valence-corrected chi connectivity index (χ1v) is 6.24. The van der Waals surface area contributed by atoms with Crippen molar-refractivity contribution in [3.05, 3.63) is 30.1 Å². The van der Waals surface area contributed by atoms with Crippen molar-refractivity contribution in [1.29, 1.82) is 0 Å². The van der Waals surface area contributed by atoms with Gasteiger partial charge in [0.25, 0.3) is 0 Å². The van der Waals surface area contributed by atoms with Gasteiger partial charge in [0, 0.05) is 17.9 Å². The first kappa shape index (κ1) is 11.6. The lowest BCUT2D eigenvalue weighted by Gasteiger charge is -2.15. The number of hydrogen-bond donors (Lipinski definition) is 2. The summed E-state index contributed by atoms with van der Waals surface area (Å²) >= 11 is 0. The predicted molar refractivity (Wildman–Crippen MR) is 65.6 cm³/mol. The minimum absolute atomic E-state index is 0.447. The summed E-state index contributed by atoms with van der Waals surface area (Å²) in [7, 11) is 0. The van der Waals surface area contributed by atoms with Gasteiger partial charge in [-0.3, -0.25) is 16.3 Å². The number of nitrogens with one attached hydrogen (secondary N) is 1. The van der Waals surface area contributed by atoms with Gasteiger partial charge in [0.15, 0.2) is 0 Å². The summed E-state index contributed by atoms with van der Waals surface area (Å²) in [5.41, 5.74) is 4.09. The Kier molecular flexibility index (Phi) is 4.31. The Morgan fingerprint density at radius 2 is 2.25 bits per heavy atom. The lowest BCUT2D eigenvalue weighted by Crippen LogP contribution is -2.35. The van der Waals surface area contributed by atoms with Gasteiger partial charge in [-0.2, -0.15) is 0 Å². The lowest BCUT2D eigenvalue weighted by molar-refractivity contribution is 0.438. The van der Waals surface area contributed by atoms with Crippen molar-refractivity contribution in [1.82, 2.24) is 10.4 Å². The molecule has 88 valence electrons. The van der Waals surface area contributed by atoms with Gasteiger partial charge >= 0.3 is 0 Å². The molecule has 16 heavy (non-hydrogen) atoms. The van der Waals surface area contributed by atoms with Crippen LogP contribution < -0.4 is 11.3 Å². The van der Waals surface area contributed by atoms with Crippen LogP contribution in [-0.2, 0) is 6.42 Å². The zero-order valence-corrected chi connectivity index (χ0v) is 9.73. The van der Waals surface area contributed by atoms with E-state index in [4.69, 9.17) is 5.84 Å². The molecule has 3 nitrogen and oxygen atoms in total. The summed E-state index contributed by atoms with van der Waals surface area (Å²) in [6, 6.07) is 6.52. The molecule has 0 saturated heterocycles. The van der Waals surface area contributed by atoms with Crippen LogP contribution in [0.25, 0.3) is 0 Å². The van der Waals surface area contributed by atoms with Crippen molar-refractivity contribution < 1.29 is 0 Å². The fourth-order valence-electron chi connectivity index (χ4n) is 2.02. The summed E-state index contributed by atoms with van der Waals surface area (Å²) in [6.45, 7) is 0. The largest absolute Gasteiger partial charge is 0.271 e. The highest BCUT2D eigenvalue weighted by atomic mass is 15.2. The minimum Gasteiger partial charge on any atom is -0.271 e. The number of nitrogens with two attached hydrogens (primary N) is 1. The number of aromatic nitrogens is 1. The molecular formula is C13H21N3. The second kappa shape index (κ2) is 5.97. The maximum atomic E-state index is 5.57. The first-order valence-electron chi connectivity index (χ1n) is 6.24. The maximum absolute atomic E-state index is 5.57. The van der Waals surface area contributed by atoms with E-state index in [0.29, 0.717) is 6.04 Å². The van der Waals surface area contributed by atoms with Gasteiger partial charge in [0.2, 0.25) is 0 Å². The molecule has 0 amide bonds. The monoisotopic (exact) mass is 219 g/mol. The summed E-state index contributed by atoms with van der Waals surface area (Å²) in [4.78, 5) is 4.32. The normalized spacial score (nSPS) is 17.3. The van der Waals surface area contributed by atoms with Gasteiger partial charge in [-0.25, -0.2) is 0 Å². The fourth-order valence-corrected chi connectivity index (χ4v) is 2.02. The molecule has 1 aliphatic carbocycles. The van der Waals surface area contributed by atoms with E-state index in [2.05, 4.69) is 16.5 Å². The summed E-state index contributed by atoms with van der Waals surface area (Å²) < 4.78 is 0. The predicted octanol–water partition coefficient (Wildman–Crippen LogP) is 2.04. The van der Waals surface area contributed by atoms with Gasteiger partial charge < -0.3 is 0 Å². The van der Waals surface area contributed by atoms with E-state index in [-0.39, 0.29) is 0 Å². The highest BCUT2D eigenvalue weighted by Gasteiger charge is 2.22. The number of hydrazine groups is 1. The molecule has 3 heteroatoms. The number of rotatable bonds is 7. The van der Waals surface area contributed by atoms with Crippen molar-refractivity contribution in [2.75, 3.05) is 0 Å². The van der Waals surface area contributed by atoms with Crippen molar-refractivity contribution in [3.8, 4) is 0 Å². The van der Waals surface area contributed by atoms with Crippen LogP contribution in [0.4, 0.5) is 0 Å². The quantitative estimate of drug-likeness (QED) is 0.545. The van der Waals surface area contributed by atoms with Crippen LogP contribution in [0.15, 0.2) is 24.4 Å². The number of nitrogens with zero attached hydrogens (tertiary/aromatic N) is 1. The molecule has 0 spiro atoms. The third-order valence-corrected chi connectivity index (χ3v) is 3.33. The Morgan fingerprint density at radius 1 is 1.38 bits per heavy atom. The maximum Gasteiger partial charge on any atom is 0.0404 e. The van der Waals surface area contributed by atoms with E-state index in [1.54, 1.807) is 0 Å². The van der Waals surface area contributed by atoms with E-state index < -0.39 is 0 Å². The Labute approximate surface area is 97.4 Å². The second-order valence-electron chi connectivity index (χ2n) is 4.74. The molecule has 1 unspecified atom stereocenters. The van der Waals surface area contributed by atoms with Gasteiger partial charge in [0.05, 0.1) is 0 Å². The molecule has 1 aromatic rings. The molecule has 1 fully saturated rings. The molecule has 0 aromatic carbocycles. The van der Waals surface area contributed by atoms with Crippen LogP contribution >= 0.6 is 0 Å². The van der Waals surface area contributed by atoms with Crippen LogP contribution in [-0.4, -0.2) is 11.0 Å². The fraction of sp³-hybridized carbons (Fsp3) is 0.615. The third kappa shape index (κ3) is 3.91. The minimum atomic E-state index is 0.447. The molecule has 3 N–H and O–H groups in total. The number of aryl methyl sites for hydroxylation is 1. The van der Waals surface area contributed by atoms with Crippen LogP contribution in [0, 0.1) is 5.92 Å². The Balaban J connectivity index is 1.69. The highest BCUT2D eigenvalue weighted by molar-refractivity contribution is 5.03. The number of hydrogen-bond acceptors (Lipinski definition) is 3. The topological polar surface area (TPSA) is 50.9 Å². The average Bonchev–Trinajstić information content (AvgIpc) is 3.15. The second-order valence-corrected chi connectivity index (χ2v) is 4.74. The van der Waals surface area contributed by atoms with Crippen LogP contribution in [0.1, 0.15) is 37.8 Å². The highest BCUT2D eigenvalue weighted by Crippen LogP contribution is 2.34. The van der Waals surface area contributed by atoms with E-state index in [0.717, 1.165) is 24.5 Å². The molecule has 0 aliphatic heterocycles. The van der Waals surface area contributed by atoms with Gasteiger partial charge in [-0.15, -0.1) is 0 Å². The molecule has 1 aromatic heterocycles. The standard InChI is InChI=1S/C13H21N3/c14-16-13(7-6-11-4-5-11)9-8-12-3-1-2-10-15-12/h1-3,10-11,13,16H,4-9,14H2. The van der Waals surface area contributed by atoms with E-state index in [9.17, 15) is 0 Å². The zero-order chi connectivity index (χ0) is 11.2. The summed E-state index contributed by atoms with van der Waals surface area (Å²) in [5.74, 6) is 6.56. The molecular weight excluding hydrogens is 198 g/mol. The lowest BCUT2D eigenvalue weighted by atomic mass is 10.0. The summed E-state index contributed by atoms with van der Waals surface area (Å²) in [5, 5.41) is 0. The van der Waals surface area contributed by atoms with Crippen molar-refractivity contribution in [3.63, 3.8) is 0 Å². The van der Waals surface area contributed by atoms with Crippen molar-refractivity contribution in [2.45, 2.75) is 44.6 Å². The van der Waals surface area contributed by atoms with Gasteiger partial charge in [-0.1, -0.05) is 18.9 Å². The molecule has 1 saturated carbocycles. The molecule has 0 bridgehead atoms. The third-order valence-electron chi connectivity index (χ3n) is 3.33. The van der Waals surface area contributed by atoms with Crippen LogP contribution in [0.3, 0.4) is 0 Å². The van der Waals surface area contributed by atoms with Gasteiger partial charge in [-0.05, 0) is 43.7 Å². The molecule has 1 heterocycles. The first-order chi connectivity index (χ1) is 7.88. The van der Waals surface area contributed by atoms with E-state index in [1.807, 2.05) is 18.3 Å². The SMILES string of the molecule is NNC(CCc1ccccn1)CCC1CC1. The Bertz CT molecular complexity index is 295.